The molecule has 0 aliphatic rings. The Labute approximate surface area is 101 Å². The number of hydrogen-bond acceptors (Lipinski definition) is 3. The largest absolute Gasteiger partial charge is 0.455 e. The molecule has 0 bridgehead atoms. The summed E-state index contributed by atoms with van der Waals surface area (Å²) >= 11 is 0. The van der Waals surface area contributed by atoms with E-state index in [1.165, 1.54) is 0 Å². The summed E-state index contributed by atoms with van der Waals surface area (Å²) in [5, 5.41) is 9.09. The van der Waals surface area contributed by atoms with Crippen LogP contribution in [0.25, 0.3) is 0 Å². The molecule has 1 aromatic heterocycles. The fraction of sp³-hybridized carbons (Fsp3) is 0.214. The summed E-state index contributed by atoms with van der Waals surface area (Å²) in [4.78, 5) is 4.17. The van der Waals surface area contributed by atoms with E-state index in [2.05, 4.69) is 4.98 Å². The number of ether oxygens (including phenoxy) is 1. The van der Waals surface area contributed by atoms with Crippen LogP contribution in [0.3, 0.4) is 0 Å². The molecule has 2 rings (SSSR count). The molecule has 0 unspecified atom stereocenters. The first-order valence-corrected chi connectivity index (χ1v) is 5.50. The number of aryl methyl sites for hydroxylation is 2. The Balaban J connectivity index is 2.25. The van der Waals surface area contributed by atoms with E-state index in [0.29, 0.717) is 0 Å². The van der Waals surface area contributed by atoms with Gasteiger partial charge < -0.3 is 9.84 Å². The van der Waals surface area contributed by atoms with E-state index in [1.807, 2.05) is 44.2 Å². The molecule has 0 amide bonds. The summed E-state index contributed by atoms with van der Waals surface area (Å²) in [5.74, 6) is 1.51. The number of nitrogens with zero attached hydrogens (tertiary/aromatic N) is 1. The molecule has 3 nitrogen and oxygen atoms in total. The van der Waals surface area contributed by atoms with Gasteiger partial charge in [0.2, 0.25) is 0 Å². The molecule has 2 aromatic rings. The second-order valence-corrected chi connectivity index (χ2v) is 3.94. The Morgan fingerprint density at radius 2 is 2.06 bits per heavy atom. The third kappa shape index (κ3) is 2.63. The van der Waals surface area contributed by atoms with Crippen LogP contribution in [-0.4, -0.2) is 10.1 Å². The van der Waals surface area contributed by atoms with Crippen LogP contribution in [0.1, 0.15) is 16.8 Å². The highest BCUT2D eigenvalue weighted by Crippen LogP contribution is 2.25. The van der Waals surface area contributed by atoms with E-state index < -0.39 is 0 Å². The molecule has 0 spiro atoms. The highest BCUT2D eigenvalue weighted by atomic mass is 16.5. The molecular weight excluding hydrogens is 214 g/mol. The van der Waals surface area contributed by atoms with Crippen LogP contribution in [0.15, 0.2) is 36.5 Å². The van der Waals surface area contributed by atoms with Crippen molar-refractivity contribution in [2.75, 3.05) is 0 Å². The van der Waals surface area contributed by atoms with E-state index in [1.54, 1.807) is 6.20 Å². The lowest BCUT2D eigenvalue weighted by atomic mass is 10.1. The Morgan fingerprint density at radius 3 is 2.71 bits per heavy atom. The molecule has 0 radical (unpaired) electrons. The van der Waals surface area contributed by atoms with Gasteiger partial charge in [0, 0.05) is 6.20 Å². The fourth-order valence-electron chi connectivity index (χ4n) is 1.61. The van der Waals surface area contributed by atoms with Crippen molar-refractivity contribution in [2.24, 2.45) is 0 Å². The van der Waals surface area contributed by atoms with Crippen LogP contribution in [-0.2, 0) is 6.61 Å². The van der Waals surface area contributed by atoms with E-state index in [4.69, 9.17) is 9.84 Å². The molecule has 0 saturated heterocycles. The first-order valence-electron chi connectivity index (χ1n) is 5.50. The molecule has 0 atom stereocenters. The first kappa shape index (κ1) is 11.6. The summed E-state index contributed by atoms with van der Waals surface area (Å²) < 4.78 is 5.75. The molecule has 1 aromatic carbocycles. The van der Waals surface area contributed by atoms with Crippen molar-refractivity contribution in [3.05, 3.63) is 53.3 Å². The van der Waals surface area contributed by atoms with Gasteiger partial charge >= 0.3 is 0 Å². The monoisotopic (exact) mass is 229 g/mol. The van der Waals surface area contributed by atoms with Crippen molar-refractivity contribution < 1.29 is 9.84 Å². The van der Waals surface area contributed by atoms with Gasteiger partial charge in [0.15, 0.2) is 0 Å². The van der Waals surface area contributed by atoms with Gasteiger partial charge in [-0.1, -0.05) is 6.07 Å². The first-order chi connectivity index (χ1) is 8.20. The quantitative estimate of drug-likeness (QED) is 0.879. The Bertz CT molecular complexity index is 523. The van der Waals surface area contributed by atoms with Crippen LogP contribution in [0.2, 0.25) is 0 Å². The minimum absolute atomic E-state index is 0.0536. The highest BCUT2D eigenvalue weighted by Gasteiger charge is 2.03. The van der Waals surface area contributed by atoms with Gasteiger partial charge in [0.05, 0.1) is 12.3 Å². The Morgan fingerprint density at radius 1 is 1.24 bits per heavy atom. The molecule has 3 heteroatoms. The van der Waals surface area contributed by atoms with Gasteiger partial charge in [0.25, 0.3) is 0 Å². The Kier molecular flexibility index (Phi) is 3.40. The predicted octanol–water partition coefficient (Wildman–Crippen LogP) is 2.98. The summed E-state index contributed by atoms with van der Waals surface area (Å²) in [7, 11) is 0. The molecule has 88 valence electrons. The third-order valence-corrected chi connectivity index (χ3v) is 2.67. The zero-order chi connectivity index (χ0) is 12.3. The SMILES string of the molecule is Cc1cc(Oc2cccnc2C)ccc1CO. The number of aliphatic hydroxyl groups is 1. The number of aliphatic hydroxyl groups excluding tert-OH is 1. The second-order valence-electron chi connectivity index (χ2n) is 3.94. The van der Waals surface area contributed by atoms with Crippen molar-refractivity contribution in [2.45, 2.75) is 20.5 Å². The van der Waals surface area contributed by atoms with Crippen LogP contribution >= 0.6 is 0 Å². The maximum absolute atomic E-state index is 9.09. The minimum Gasteiger partial charge on any atom is -0.455 e. The van der Waals surface area contributed by atoms with Crippen molar-refractivity contribution >= 4 is 0 Å². The van der Waals surface area contributed by atoms with Crippen molar-refractivity contribution in [3.63, 3.8) is 0 Å². The van der Waals surface area contributed by atoms with Crippen LogP contribution in [0.5, 0.6) is 11.5 Å². The number of aromatic nitrogens is 1. The van der Waals surface area contributed by atoms with Crippen LogP contribution < -0.4 is 4.74 Å². The van der Waals surface area contributed by atoms with Crippen molar-refractivity contribution in [3.8, 4) is 11.5 Å². The van der Waals surface area contributed by atoms with Gasteiger partial charge in [-0.15, -0.1) is 0 Å². The molecule has 1 N–H and O–H groups in total. The second kappa shape index (κ2) is 4.97. The normalized spacial score (nSPS) is 10.3. The molecule has 0 aliphatic heterocycles. The van der Waals surface area contributed by atoms with Crippen LogP contribution in [0, 0.1) is 13.8 Å². The number of hydrogen-bond donors (Lipinski definition) is 1. The lowest BCUT2D eigenvalue weighted by Crippen LogP contribution is -1.92. The Hall–Kier alpha value is -1.87. The minimum atomic E-state index is 0.0536. The molecular formula is C14H15NO2. The average Bonchev–Trinajstić information content (AvgIpc) is 2.32. The molecule has 0 saturated carbocycles. The number of rotatable bonds is 3. The zero-order valence-electron chi connectivity index (χ0n) is 9.97. The van der Waals surface area contributed by atoms with Crippen molar-refractivity contribution in [1.29, 1.82) is 0 Å². The van der Waals surface area contributed by atoms with Gasteiger partial charge in [-0.2, -0.15) is 0 Å². The summed E-state index contributed by atoms with van der Waals surface area (Å²) in [5.41, 5.74) is 2.79. The van der Waals surface area contributed by atoms with Crippen LogP contribution in [0.4, 0.5) is 0 Å². The van der Waals surface area contributed by atoms with E-state index in [-0.39, 0.29) is 6.61 Å². The fourth-order valence-corrected chi connectivity index (χ4v) is 1.61. The summed E-state index contributed by atoms with van der Waals surface area (Å²) in [6.45, 7) is 3.91. The van der Waals surface area contributed by atoms with Gasteiger partial charge in [0.1, 0.15) is 11.5 Å². The number of benzene rings is 1. The highest BCUT2D eigenvalue weighted by molar-refractivity contribution is 5.38. The van der Waals surface area contributed by atoms with Gasteiger partial charge in [-0.3, -0.25) is 4.98 Å². The van der Waals surface area contributed by atoms with E-state index >= 15 is 0 Å². The topological polar surface area (TPSA) is 42.4 Å². The lowest BCUT2D eigenvalue weighted by Gasteiger charge is -2.09. The molecule has 17 heavy (non-hydrogen) atoms. The van der Waals surface area contributed by atoms with E-state index in [9.17, 15) is 0 Å². The maximum Gasteiger partial charge on any atom is 0.148 e. The average molecular weight is 229 g/mol. The smallest absolute Gasteiger partial charge is 0.148 e. The summed E-state index contributed by atoms with van der Waals surface area (Å²) in [6.07, 6.45) is 1.74. The van der Waals surface area contributed by atoms with E-state index in [0.717, 1.165) is 28.3 Å². The number of pyridine rings is 1. The molecule has 0 aliphatic carbocycles. The van der Waals surface area contributed by atoms with Crippen molar-refractivity contribution in [1.82, 2.24) is 4.98 Å². The molecule has 0 fully saturated rings. The third-order valence-electron chi connectivity index (χ3n) is 2.67. The lowest BCUT2D eigenvalue weighted by molar-refractivity contribution is 0.281. The standard InChI is InChI=1S/C14H15NO2/c1-10-8-13(6-5-12(10)9-16)17-14-4-3-7-15-11(14)2/h3-8,16H,9H2,1-2H3. The maximum atomic E-state index is 9.09. The predicted molar refractivity (Wildman–Crippen MR) is 66.1 cm³/mol. The summed E-state index contributed by atoms with van der Waals surface area (Å²) in [6, 6.07) is 9.37. The van der Waals surface area contributed by atoms with Gasteiger partial charge in [-0.25, -0.2) is 0 Å². The molecule has 1 heterocycles. The zero-order valence-corrected chi connectivity index (χ0v) is 9.97. The van der Waals surface area contributed by atoms with Gasteiger partial charge in [-0.05, 0) is 49.2 Å².